The lowest BCUT2D eigenvalue weighted by atomic mass is 10.0. The third-order valence-corrected chi connectivity index (χ3v) is 5.84. The number of aromatic nitrogens is 2. The fraction of sp³-hybridized carbons (Fsp3) is 0.500. The lowest BCUT2D eigenvalue weighted by Crippen LogP contribution is -2.49. The Balaban J connectivity index is 1.48. The highest BCUT2D eigenvalue weighted by molar-refractivity contribution is 7.89. The van der Waals surface area contributed by atoms with E-state index in [1.807, 2.05) is 31.2 Å². The summed E-state index contributed by atoms with van der Waals surface area (Å²) >= 11 is 0. The van der Waals surface area contributed by atoms with Gasteiger partial charge >= 0.3 is 0 Å². The zero-order valence-electron chi connectivity index (χ0n) is 13.8. The number of hydrogen-bond acceptors (Lipinski definition) is 6. The summed E-state index contributed by atoms with van der Waals surface area (Å²) in [7, 11) is -3.12. The molecule has 1 aliphatic rings. The average molecular weight is 351 g/mol. The first-order valence-corrected chi connectivity index (χ1v) is 9.58. The molecule has 1 aromatic heterocycles. The molecule has 1 aliphatic heterocycles. The normalized spacial score (nSPS) is 16.1. The molecule has 8 heteroatoms. The molecule has 0 spiro atoms. The molecular weight excluding hydrogens is 330 g/mol. The summed E-state index contributed by atoms with van der Waals surface area (Å²) in [5, 5.41) is 3.94. The first-order valence-electron chi connectivity index (χ1n) is 7.97. The second kappa shape index (κ2) is 6.90. The van der Waals surface area contributed by atoms with E-state index < -0.39 is 10.0 Å². The highest BCUT2D eigenvalue weighted by Gasteiger charge is 2.38. The van der Waals surface area contributed by atoms with Gasteiger partial charge in [-0.2, -0.15) is 4.98 Å². The van der Waals surface area contributed by atoms with E-state index in [0.717, 1.165) is 11.3 Å². The van der Waals surface area contributed by atoms with Crippen molar-refractivity contribution >= 4 is 10.0 Å². The molecule has 3 rings (SSSR count). The lowest BCUT2D eigenvalue weighted by molar-refractivity contribution is 0.216. The Labute approximate surface area is 141 Å². The van der Waals surface area contributed by atoms with Gasteiger partial charge < -0.3 is 9.26 Å². The molecule has 0 aliphatic carbocycles. The van der Waals surface area contributed by atoms with Crippen LogP contribution in [0.25, 0.3) is 0 Å². The van der Waals surface area contributed by atoms with Gasteiger partial charge in [0.1, 0.15) is 5.75 Å². The Bertz CT molecular complexity index is 797. The van der Waals surface area contributed by atoms with Crippen LogP contribution >= 0.6 is 0 Å². The zero-order valence-corrected chi connectivity index (χ0v) is 14.6. The number of aryl methyl sites for hydroxylation is 1. The Morgan fingerprint density at radius 1 is 1.38 bits per heavy atom. The van der Waals surface area contributed by atoms with Crippen LogP contribution in [0.3, 0.4) is 0 Å². The number of rotatable bonds is 7. The smallest absolute Gasteiger partial charge is 0.232 e. The van der Waals surface area contributed by atoms with Crippen molar-refractivity contribution in [2.45, 2.75) is 26.2 Å². The van der Waals surface area contributed by atoms with Gasteiger partial charge in [-0.25, -0.2) is 12.7 Å². The minimum atomic E-state index is -3.12. The van der Waals surface area contributed by atoms with Crippen molar-refractivity contribution in [3.05, 3.63) is 41.5 Å². The summed E-state index contributed by atoms with van der Waals surface area (Å²) in [6, 6.07) is 7.84. The van der Waals surface area contributed by atoms with Crippen LogP contribution in [0, 0.1) is 6.92 Å². The topological polar surface area (TPSA) is 85.5 Å². The van der Waals surface area contributed by atoms with Gasteiger partial charge in [-0.1, -0.05) is 17.3 Å². The Hall–Kier alpha value is -1.93. The van der Waals surface area contributed by atoms with E-state index in [0.29, 0.717) is 37.8 Å². The maximum absolute atomic E-state index is 11.7. The molecule has 7 nitrogen and oxygen atoms in total. The second-order valence-electron chi connectivity index (χ2n) is 5.88. The molecule has 0 N–H and O–H groups in total. The minimum absolute atomic E-state index is 0.00901. The zero-order chi connectivity index (χ0) is 17.2. The van der Waals surface area contributed by atoms with E-state index in [1.54, 1.807) is 6.92 Å². The van der Waals surface area contributed by atoms with Crippen molar-refractivity contribution in [1.82, 2.24) is 14.4 Å². The summed E-state index contributed by atoms with van der Waals surface area (Å²) in [4.78, 5) is 4.34. The molecule has 0 unspecified atom stereocenters. The van der Waals surface area contributed by atoms with E-state index in [2.05, 4.69) is 10.1 Å². The van der Waals surface area contributed by atoms with Gasteiger partial charge in [0.15, 0.2) is 5.82 Å². The van der Waals surface area contributed by atoms with Crippen molar-refractivity contribution in [3.63, 3.8) is 0 Å². The molecule has 1 saturated heterocycles. The summed E-state index contributed by atoms with van der Waals surface area (Å²) in [5.41, 5.74) is 1.14. The first kappa shape index (κ1) is 16.9. The van der Waals surface area contributed by atoms with Crippen LogP contribution in [0.2, 0.25) is 0 Å². The number of benzene rings is 1. The van der Waals surface area contributed by atoms with Crippen LogP contribution in [0.5, 0.6) is 5.75 Å². The predicted octanol–water partition coefficient (Wildman–Crippen LogP) is 1.75. The molecule has 1 aromatic carbocycles. The van der Waals surface area contributed by atoms with E-state index in [-0.39, 0.29) is 11.7 Å². The molecule has 1 fully saturated rings. The van der Waals surface area contributed by atoms with Crippen LogP contribution in [0.4, 0.5) is 0 Å². The lowest BCUT2D eigenvalue weighted by Gasteiger charge is -2.35. The first-order chi connectivity index (χ1) is 11.5. The standard InChI is InChI=1S/C16H21N3O4S/c1-3-24(20,21)19-10-13(11-19)16-17-15(18-23-16)7-8-22-14-6-4-5-12(2)9-14/h4-6,9,13H,3,7-8,10-11H2,1-2H3. The van der Waals surface area contributed by atoms with Crippen LogP contribution < -0.4 is 4.74 Å². The van der Waals surface area contributed by atoms with Crippen LogP contribution in [0.1, 0.15) is 30.1 Å². The van der Waals surface area contributed by atoms with E-state index in [9.17, 15) is 8.42 Å². The highest BCUT2D eigenvalue weighted by atomic mass is 32.2. The van der Waals surface area contributed by atoms with Gasteiger partial charge in [-0.3, -0.25) is 0 Å². The molecule has 0 bridgehead atoms. The molecular formula is C16H21N3O4S. The predicted molar refractivity (Wildman–Crippen MR) is 88.5 cm³/mol. The molecule has 0 atom stereocenters. The number of ether oxygens (including phenoxy) is 1. The van der Waals surface area contributed by atoms with Crippen LogP contribution in [0.15, 0.2) is 28.8 Å². The van der Waals surface area contributed by atoms with Crippen molar-refractivity contribution in [2.75, 3.05) is 25.4 Å². The molecule has 0 amide bonds. The minimum Gasteiger partial charge on any atom is -0.493 e. The SMILES string of the molecule is CCS(=O)(=O)N1CC(c2nc(CCOc3cccc(C)c3)no2)C1. The molecule has 0 radical (unpaired) electrons. The highest BCUT2D eigenvalue weighted by Crippen LogP contribution is 2.28. The second-order valence-corrected chi connectivity index (χ2v) is 8.14. The van der Waals surface area contributed by atoms with Gasteiger partial charge in [0.05, 0.1) is 18.3 Å². The maximum Gasteiger partial charge on any atom is 0.232 e. The van der Waals surface area contributed by atoms with Gasteiger partial charge in [-0.15, -0.1) is 0 Å². The summed E-state index contributed by atoms with van der Waals surface area (Å²) in [6.07, 6.45) is 0.543. The van der Waals surface area contributed by atoms with E-state index in [4.69, 9.17) is 9.26 Å². The Morgan fingerprint density at radius 3 is 2.88 bits per heavy atom. The quantitative estimate of drug-likeness (QED) is 0.755. The number of nitrogens with zero attached hydrogens (tertiary/aromatic N) is 3. The summed E-state index contributed by atoms with van der Waals surface area (Å²) in [6.45, 7) is 4.94. The molecule has 0 saturated carbocycles. The monoisotopic (exact) mass is 351 g/mol. The molecule has 130 valence electrons. The number of hydrogen-bond donors (Lipinski definition) is 0. The fourth-order valence-corrected chi connectivity index (χ4v) is 3.68. The molecule has 24 heavy (non-hydrogen) atoms. The average Bonchev–Trinajstić information content (AvgIpc) is 2.94. The van der Waals surface area contributed by atoms with Crippen molar-refractivity contribution in [2.24, 2.45) is 0 Å². The third kappa shape index (κ3) is 3.76. The van der Waals surface area contributed by atoms with Crippen molar-refractivity contribution in [1.29, 1.82) is 0 Å². The summed E-state index contributed by atoms with van der Waals surface area (Å²) < 4.78 is 35.8. The van der Waals surface area contributed by atoms with Crippen LogP contribution in [-0.2, 0) is 16.4 Å². The van der Waals surface area contributed by atoms with Gasteiger partial charge in [0, 0.05) is 19.5 Å². The van der Waals surface area contributed by atoms with E-state index >= 15 is 0 Å². The maximum atomic E-state index is 11.7. The van der Waals surface area contributed by atoms with Gasteiger partial charge in [0.25, 0.3) is 0 Å². The van der Waals surface area contributed by atoms with Crippen molar-refractivity contribution in [3.8, 4) is 5.75 Å². The largest absolute Gasteiger partial charge is 0.493 e. The Kier molecular flexibility index (Phi) is 4.86. The molecule has 2 heterocycles. The van der Waals surface area contributed by atoms with E-state index in [1.165, 1.54) is 4.31 Å². The van der Waals surface area contributed by atoms with Crippen molar-refractivity contribution < 1.29 is 17.7 Å². The summed E-state index contributed by atoms with van der Waals surface area (Å²) in [5.74, 6) is 2.01. The molecule has 2 aromatic rings. The van der Waals surface area contributed by atoms with Gasteiger partial charge in [0.2, 0.25) is 15.9 Å². The fourth-order valence-electron chi connectivity index (χ4n) is 2.50. The third-order valence-electron chi connectivity index (χ3n) is 4.02. The van der Waals surface area contributed by atoms with Crippen LogP contribution in [-0.4, -0.2) is 48.3 Å². The number of sulfonamides is 1. The Morgan fingerprint density at radius 2 is 2.17 bits per heavy atom. The van der Waals surface area contributed by atoms with Gasteiger partial charge in [-0.05, 0) is 31.5 Å².